The lowest BCUT2D eigenvalue weighted by molar-refractivity contribution is 0.340. The number of aromatic nitrogens is 5. The number of nitrogens with one attached hydrogen (secondary N) is 2. The SMILES string of the molecule is CCOc1ccc(Nc2nc(NCc3cccnc3)nc3c2cnn3-c2ccccc2)cc1. The second kappa shape index (κ2) is 9.35. The lowest BCUT2D eigenvalue weighted by atomic mass is 10.3. The van der Waals surface area contributed by atoms with E-state index >= 15 is 0 Å². The molecule has 2 aromatic carbocycles. The molecule has 2 N–H and O–H groups in total. The van der Waals surface area contributed by atoms with E-state index in [2.05, 4.69) is 20.7 Å². The fourth-order valence-electron chi connectivity index (χ4n) is 3.46. The topological polar surface area (TPSA) is 89.8 Å². The van der Waals surface area contributed by atoms with Crippen molar-refractivity contribution in [2.45, 2.75) is 13.5 Å². The van der Waals surface area contributed by atoms with Gasteiger partial charge in [0.05, 0.1) is 23.9 Å². The van der Waals surface area contributed by atoms with Gasteiger partial charge < -0.3 is 15.4 Å². The summed E-state index contributed by atoms with van der Waals surface area (Å²) in [4.78, 5) is 13.7. The van der Waals surface area contributed by atoms with E-state index in [1.807, 2.05) is 84.5 Å². The highest BCUT2D eigenvalue weighted by Gasteiger charge is 2.14. The number of hydrogen-bond donors (Lipinski definition) is 2. The first-order chi connectivity index (χ1) is 16.3. The third kappa shape index (κ3) is 4.59. The zero-order valence-electron chi connectivity index (χ0n) is 18.1. The number of anilines is 3. The summed E-state index contributed by atoms with van der Waals surface area (Å²) in [5.41, 5.74) is 3.57. The molecule has 0 atom stereocenters. The maximum atomic E-state index is 5.54. The smallest absolute Gasteiger partial charge is 0.227 e. The Kier molecular flexibility index (Phi) is 5.79. The third-order valence-corrected chi connectivity index (χ3v) is 5.03. The summed E-state index contributed by atoms with van der Waals surface area (Å²) in [5, 5.41) is 12.1. The standard InChI is InChI=1S/C25H23N7O/c1-2-33-21-12-10-19(11-13-21)29-23-22-17-28-32(20-8-4-3-5-9-20)24(22)31-25(30-23)27-16-18-7-6-14-26-15-18/h3-15,17H,2,16H2,1H3,(H2,27,29,30,31). The fraction of sp³-hybridized carbons (Fsp3) is 0.120. The van der Waals surface area contributed by atoms with Crippen LogP contribution in [0.4, 0.5) is 17.5 Å². The van der Waals surface area contributed by atoms with Crippen molar-refractivity contribution in [3.05, 3.63) is 90.9 Å². The Morgan fingerprint density at radius 3 is 2.52 bits per heavy atom. The largest absolute Gasteiger partial charge is 0.494 e. The molecule has 0 unspecified atom stereocenters. The van der Waals surface area contributed by atoms with Crippen LogP contribution in [0.25, 0.3) is 16.7 Å². The molecule has 0 fully saturated rings. The first-order valence-electron chi connectivity index (χ1n) is 10.7. The summed E-state index contributed by atoms with van der Waals surface area (Å²) >= 11 is 0. The highest BCUT2D eigenvalue weighted by Crippen LogP contribution is 2.28. The molecule has 164 valence electrons. The van der Waals surface area contributed by atoms with Gasteiger partial charge in [0.25, 0.3) is 0 Å². The van der Waals surface area contributed by atoms with E-state index in [0.717, 1.165) is 28.1 Å². The molecule has 33 heavy (non-hydrogen) atoms. The van der Waals surface area contributed by atoms with Crippen molar-refractivity contribution in [2.75, 3.05) is 17.2 Å². The molecule has 5 rings (SSSR count). The van der Waals surface area contributed by atoms with Crippen LogP contribution in [-0.4, -0.2) is 31.3 Å². The summed E-state index contributed by atoms with van der Waals surface area (Å²) in [5.74, 6) is 1.99. The normalized spacial score (nSPS) is 10.8. The summed E-state index contributed by atoms with van der Waals surface area (Å²) in [7, 11) is 0. The van der Waals surface area contributed by atoms with Crippen molar-refractivity contribution >= 4 is 28.5 Å². The van der Waals surface area contributed by atoms with Crippen molar-refractivity contribution in [3.63, 3.8) is 0 Å². The Morgan fingerprint density at radius 2 is 1.76 bits per heavy atom. The van der Waals surface area contributed by atoms with E-state index in [4.69, 9.17) is 14.7 Å². The van der Waals surface area contributed by atoms with Gasteiger partial charge in [-0.25, -0.2) is 4.68 Å². The molecule has 0 amide bonds. The monoisotopic (exact) mass is 437 g/mol. The van der Waals surface area contributed by atoms with Crippen molar-refractivity contribution in [1.82, 2.24) is 24.7 Å². The summed E-state index contributed by atoms with van der Waals surface area (Å²) in [6, 6.07) is 21.6. The lowest BCUT2D eigenvalue weighted by Gasteiger charge is -2.12. The maximum absolute atomic E-state index is 5.54. The predicted molar refractivity (Wildman–Crippen MR) is 129 cm³/mol. The zero-order valence-corrected chi connectivity index (χ0v) is 18.1. The number of benzene rings is 2. The number of hydrogen-bond acceptors (Lipinski definition) is 7. The Morgan fingerprint density at radius 1 is 0.909 bits per heavy atom. The Labute approximate surface area is 191 Å². The van der Waals surface area contributed by atoms with Gasteiger partial charge in [-0.05, 0) is 55.0 Å². The van der Waals surface area contributed by atoms with Crippen molar-refractivity contribution < 1.29 is 4.74 Å². The average Bonchev–Trinajstić information content (AvgIpc) is 3.30. The van der Waals surface area contributed by atoms with Crippen molar-refractivity contribution in [1.29, 1.82) is 0 Å². The lowest BCUT2D eigenvalue weighted by Crippen LogP contribution is -2.07. The Bertz CT molecular complexity index is 1340. The van der Waals surface area contributed by atoms with E-state index < -0.39 is 0 Å². The van der Waals surface area contributed by atoms with Gasteiger partial charge in [-0.3, -0.25) is 4.98 Å². The molecule has 3 heterocycles. The average molecular weight is 438 g/mol. The molecule has 0 saturated heterocycles. The number of para-hydroxylation sites is 1. The van der Waals surface area contributed by atoms with Gasteiger partial charge >= 0.3 is 0 Å². The molecule has 8 heteroatoms. The van der Waals surface area contributed by atoms with Gasteiger partial charge in [-0.2, -0.15) is 15.1 Å². The van der Waals surface area contributed by atoms with Gasteiger partial charge in [0.15, 0.2) is 5.65 Å². The van der Waals surface area contributed by atoms with Crippen LogP contribution in [0.3, 0.4) is 0 Å². The first-order valence-corrected chi connectivity index (χ1v) is 10.7. The van der Waals surface area contributed by atoms with Gasteiger partial charge in [-0.1, -0.05) is 24.3 Å². The first kappa shape index (κ1) is 20.4. The molecule has 0 aliphatic heterocycles. The molecule has 0 aliphatic rings. The number of ether oxygens (including phenoxy) is 1. The van der Waals surface area contributed by atoms with E-state index in [0.29, 0.717) is 30.6 Å². The van der Waals surface area contributed by atoms with E-state index in [9.17, 15) is 0 Å². The van der Waals surface area contributed by atoms with Crippen LogP contribution in [-0.2, 0) is 6.54 Å². The highest BCUT2D eigenvalue weighted by atomic mass is 16.5. The van der Waals surface area contributed by atoms with E-state index in [1.54, 1.807) is 12.4 Å². The van der Waals surface area contributed by atoms with E-state index in [1.165, 1.54) is 0 Å². The van der Waals surface area contributed by atoms with Crippen LogP contribution in [0.2, 0.25) is 0 Å². The number of rotatable bonds is 8. The number of fused-ring (bicyclic) bond motifs is 1. The highest BCUT2D eigenvalue weighted by molar-refractivity contribution is 5.90. The minimum atomic E-state index is 0.498. The quantitative estimate of drug-likeness (QED) is 0.354. The molecule has 0 radical (unpaired) electrons. The van der Waals surface area contributed by atoms with E-state index in [-0.39, 0.29) is 0 Å². The molecule has 5 aromatic rings. The maximum Gasteiger partial charge on any atom is 0.227 e. The van der Waals surface area contributed by atoms with Crippen LogP contribution in [0.5, 0.6) is 5.75 Å². The van der Waals surface area contributed by atoms with Crippen LogP contribution in [0.1, 0.15) is 12.5 Å². The van der Waals surface area contributed by atoms with Crippen molar-refractivity contribution in [3.8, 4) is 11.4 Å². The molecule has 0 saturated carbocycles. The summed E-state index contributed by atoms with van der Waals surface area (Å²) < 4.78 is 7.36. The van der Waals surface area contributed by atoms with Crippen LogP contribution in [0, 0.1) is 0 Å². The van der Waals surface area contributed by atoms with Gasteiger partial charge in [0.1, 0.15) is 11.6 Å². The van der Waals surface area contributed by atoms with Gasteiger partial charge in [-0.15, -0.1) is 0 Å². The molecular formula is C25H23N7O. The van der Waals surface area contributed by atoms with Crippen LogP contribution in [0.15, 0.2) is 85.3 Å². The number of pyridine rings is 1. The second-order valence-electron chi connectivity index (χ2n) is 7.32. The molecular weight excluding hydrogens is 414 g/mol. The molecule has 0 aliphatic carbocycles. The van der Waals surface area contributed by atoms with Gasteiger partial charge in [0, 0.05) is 24.6 Å². The molecule has 8 nitrogen and oxygen atoms in total. The minimum absolute atomic E-state index is 0.498. The minimum Gasteiger partial charge on any atom is -0.494 e. The molecule has 0 spiro atoms. The molecule has 0 bridgehead atoms. The third-order valence-electron chi connectivity index (χ3n) is 5.03. The van der Waals surface area contributed by atoms with Gasteiger partial charge in [0.2, 0.25) is 5.95 Å². The summed E-state index contributed by atoms with van der Waals surface area (Å²) in [6.45, 7) is 3.15. The second-order valence-corrected chi connectivity index (χ2v) is 7.32. The molecule has 3 aromatic heterocycles. The zero-order chi connectivity index (χ0) is 22.5. The number of nitrogens with zero attached hydrogens (tertiary/aromatic N) is 5. The Balaban J connectivity index is 1.52. The fourth-order valence-corrected chi connectivity index (χ4v) is 3.46. The van der Waals surface area contributed by atoms with Crippen LogP contribution < -0.4 is 15.4 Å². The predicted octanol–water partition coefficient (Wildman–Crippen LogP) is 4.96. The summed E-state index contributed by atoms with van der Waals surface area (Å²) in [6.07, 6.45) is 5.35. The van der Waals surface area contributed by atoms with Crippen molar-refractivity contribution in [2.24, 2.45) is 0 Å². The van der Waals surface area contributed by atoms with Crippen LogP contribution >= 0.6 is 0 Å². The Hall–Kier alpha value is -4.46.